The van der Waals surface area contributed by atoms with Crippen LogP contribution < -0.4 is 21.7 Å². The zero-order chi connectivity index (χ0) is 22.4. The summed E-state index contributed by atoms with van der Waals surface area (Å²) in [5.74, 6) is -1.22. The maximum atomic E-state index is 12.7. The number of carbonyl (C=O) groups is 2. The molecule has 0 aliphatic heterocycles. The second kappa shape index (κ2) is 11.2. The first-order chi connectivity index (χ1) is 13.3. The third kappa shape index (κ3) is 8.20. The Morgan fingerprint density at radius 3 is 2.07 bits per heavy atom. The Morgan fingerprint density at radius 2 is 1.59 bits per heavy atom. The van der Waals surface area contributed by atoms with E-state index in [2.05, 4.69) is 16.0 Å². The smallest absolute Gasteiger partial charge is 0.426 e. The first-order valence-electron chi connectivity index (χ1n) is 10.4. The molecule has 0 aromatic heterocycles. The molecule has 1 fully saturated rings. The van der Waals surface area contributed by atoms with Crippen molar-refractivity contribution in [2.75, 3.05) is 0 Å². The molecule has 0 aromatic rings. The summed E-state index contributed by atoms with van der Waals surface area (Å²) in [5, 5.41) is 27.0. The Kier molecular flexibility index (Phi) is 10.0. The molecule has 0 bridgehead atoms. The third-order valence-electron chi connectivity index (χ3n) is 5.44. The fourth-order valence-electron chi connectivity index (χ4n) is 3.41. The second-order valence-corrected chi connectivity index (χ2v) is 9.61. The molecule has 166 valence electrons. The van der Waals surface area contributed by atoms with Gasteiger partial charge in [-0.25, -0.2) is 0 Å². The zero-order valence-corrected chi connectivity index (χ0v) is 19.0. The lowest BCUT2D eigenvalue weighted by Crippen LogP contribution is -2.60. The summed E-state index contributed by atoms with van der Waals surface area (Å²) in [6.45, 7) is 8.92. The molecule has 1 aliphatic carbocycles. The van der Waals surface area contributed by atoms with Crippen molar-refractivity contribution in [2.45, 2.75) is 90.8 Å². The standard InChI is InChI=1S/C19H37BN4O4S/c1-11(22-17(26)14(21)13-9-7-6-8-10-13)16(25)24-15(19(3,4)5)18(29)23-12(2)20(27)28/h11-15,27-28H,6-10,21H2,1-5H3,(H,22,26)(H,23,29)(H,24,25)/t11-,12-,14-,15+/m0/s1. The number of hydrogen-bond donors (Lipinski definition) is 6. The van der Waals surface area contributed by atoms with Crippen molar-refractivity contribution in [3.63, 3.8) is 0 Å². The van der Waals surface area contributed by atoms with Gasteiger partial charge in [0, 0.05) is 0 Å². The lowest BCUT2D eigenvalue weighted by atomic mass is 9.80. The largest absolute Gasteiger partial charge is 0.475 e. The van der Waals surface area contributed by atoms with Gasteiger partial charge in [0.15, 0.2) is 0 Å². The van der Waals surface area contributed by atoms with Crippen LogP contribution in [0.15, 0.2) is 0 Å². The Labute approximate surface area is 179 Å². The number of hydrogen-bond acceptors (Lipinski definition) is 6. The average Bonchev–Trinajstić information content (AvgIpc) is 2.64. The predicted octanol–water partition coefficient (Wildman–Crippen LogP) is 0.247. The van der Waals surface area contributed by atoms with Crippen molar-refractivity contribution < 1.29 is 19.6 Å². The molecular weight excluding hydrogens is 391 g/mol. The molecule has 1 aliphatic rings. The molecule has 0 heterocycles. The summed E-state index contributed by atoms with van der Waals surface area (Å²) < 4.78 is 0. The molecular formula is C19H37BN4O4S. The molecule has 7 N–H and O–H groups in total. The van der Waals surface area contributed by atoms with E-state index in [1.807, 2.05) is 20.8 Å². The van der Waals surface area contributed by atoms with Gasteiger partial charge in [0.05, 0.1) is 23.0 Å². The molecule has 1 saturated carbocycles. The number of thiocarbonyl (C=S) groups is 1. The van der Waals surface area contributed by atoms with Crippen LogP contribution in [0.3, 0.4) is 0 Å². The molecule has 10 heteroatoms. The number of nitrogens with two attached hydrogens (primary N) is 1. The second-order valence-electron chi connectivity index (χ2n) is 9.17. The van der Waals surface area contributed by atoms with E-state index in [4.69, 9.17) is 18.0 Å². The van der Waals surface area contributed by atoms with E-state index in [1.165, 1.54) is 6.42 Å². The van der Waals surface area contributed by atoms with E-state index >= 15 is 0 Å². The highest BCUT2D eigenvalue weighted by atomic mass is 32.1. The fraction of sp³-hybridized carbons (Fsp3) is 0.842. The Morgan fingerprint density at radius 1 is 1.03 bits per heavy atom. The van der Waals surface area contributed by atoms with Crippen LogP contribution >= 0.6 is 12.2 Å². The summed E-state index contributed by atoms with van der Waals surface area (Å²) in [5.41, 5.74) is 5.69. The normalized spacial score (nSPS) is 19.4. The molecule has 8 nitrogen and oxygen atoms in total. The number of rotatable bonds is 8. The molecule has 1 rings (SSSR count). The van der Waals surface area contributed by atoms with Crippen LogP contribution in [-0.2, 0) is 9.59 Å². The van der Waals surface area contributed by atoms with E-state index in [-0.39, 0.29) is 17.7 Å². The topological polar surface area (TPSA) is 137 Å². The van der Waals surface area contributed by atoms with E-state index < -0.39 is 36.6 Å². The summed E-state index contributed by atoms with van der Waals surface area (Å²) in [7, 11) is -1.58. The van der Waals surface area contributed by atoms with Crippen molar-refractivity contribution in [1.82, 2.24) is 16.0 Å². The number of carbonyl (C=O) groups excluding carboxylic acids is 2. The van der Waals surface area contributed by atoms with Gasteiger partial charge in [-0.3, -0.25) is 9.59 Å². The Balaban J connectivity index is 2.70. The minimum absolute atomic E-state index is 0.157. The van der Waals surface area contributed by atoms with Gasteiger partial charge in [-0.1, -0.05) is 52.3 Å². The average molecular weight is 428 g/mol. The van der Waals surface area contributed by atoms with Crippen LogP contribution in [0, 0.1) is 11.3 Å². The molecule has 4 atom stereocenters. The van der Waals surface area contributed by atoms with Gasteiger partial charge in [-0.2, -0.15) is 0 Å². The highest BCUT2D eigenvalue weighted by molar-refractivity contribution is 7.80. The molecule has 0 aromatic carbocycles. The summed E-state index contributed by atoms with van der Waals surface area (Å²) in [6.07, 6.45) is 5.23. The maximum Gasteiger partial charge on any atom is 0.475 e. The molecule has 0 radical (unpaired) electrons. The van der Waals surface area contributed by atoms with Crippen LogP contribution in [0.25, 0.3) is 0 Å². The molecule has 0 saturated heterocycles. The third-order valence-corrected chi connectivity index (χ3v) is 5.80. The minimum atomic E-state index is -1.58. The van der Waals surface area contributed by atoms with Crippen molar-refractivity contribution >= 4 is 36.1 Å². The summed E-state index contributed by atoms with van der Waals surface area (Å²) in [6, 6.07) is -1.94. The molecule has 0 spiro atoms. The van der Waals surface area contributed by atoms with Gasteiger partial charge < -0.3 is 31.7 Å². The van der Waals surface area contributed by atoms with Gasteiger partial charge in [-0.05, 0) is 38.0 Å². The Hall–Kier alpha value is -1.23. The minimum Gasteiger partial charge on any atom is -0.426 e. The van der Waals surface area contributed by atoms with Crippen LogP contribution in [0.2, 0.25) is 0 Å². The zero-order valence-electron chi connectivity index (χ0n) is 18.2. The van der Waals surface area contributed by atoms with Crippen LogP contribution in [-0.4, -0.2) is 58.0 Å². The quantitative estimate of drug-likeness (QED) is 0.241. The van der Waals surface area contributed by atoms with E-state index in [9.17, 15) is 19.6 Å². The number of nitrogens with one attached hydrogen (secondary N) is 3. The first-order valence-corrected chi connectivity index (χ1v) is 10.8. The fourth-order valence-corrected chi connectivity index (χ4v) is 4.01. The SMILES string of the molecule is C[C@H](NC(=S)[C@@H](NC(=O)[C@H](C)NC(=O)[C@@H](N)C1CCCCC1)C(C)(C)C)B(O)O. The van der Waals surface area contributed by atoms with Gasteiger partial charge in [-0.15, -0.1) is 0 Å². The number of amides is 2. The van der Waals surface area contributed by atoms with Crippen LogP contribution in [0.5, 0.6) is 0 Å². The lowest BCUT2D eigenvalue weighted by Gasteiger charge is -2.34. The highest BCUT2D eigenvalue weighted by Crippen LogP contribution is 2.25. The first kappa shape index (κ1) is 25.8. The van der Waals surface area contributed by atoms with E-state index in [0.29, 0.717) is 4.99 Å². The summed E-state index contributed by atoms with van der Waals surface area (Å²) in [4.78, 5) is 25.5. The highest BCUT2D eigenvalue weighted by Gasteiger charge is 2.34. The lowest BCUT2D eigenvalue weighted by molar-refractivity contribution is -0.130. The van der Waals surface area contributed by atoms with E-state index in [0.717, 1.165) is 25.7 Å². The predicted molar refractivity (Wildman–Crippen MR) is 119 cm³/mol. The van der Waals surface area contributed by atoms with Crippen LogP contribution in [0.1, 0.15) is 66.7 Å². The Bertz CT molecular complexity index is 579. The van der Waals surface area contributed by atoms with Crippen molar-refractivity contribution in [2.24, 2.45) is 17.1 Å². The monoisotopic (exact) mass is 428 g/mol. The molecule has 29 heavy (non-hydrogen) atoms. The van der Waals surface area contributed by atoms with E-state index in [1.54, 1.807) is 13.8 Å². The van der Waals surface area contributed by atoms with Crippen molar-refractivity contribution in [3.05, 3.63) is 0 Å². The summed E-state index contributed by atoms with van der Waals surface area (Å²) >= 11 is 5.38. The van der Waals surface area contributed by atoms with Crippen LogP contribution in [0.4, 0.5) is 0 Å². The van der Waals surface area contributed by atoms with Gasteiger partial charge in [0.2, 0.25) is 11.8 Å². The van der Waals surface area contributed by atoms with Crippen molar-refractivity contribution in [3.8, 4) is 0 Å². The molecule has 0 unspecified atom stereocenters. The van der Waals surface area contributed by atoms with Gasteiger partial charge in [0.1, 0.15) is 6.04 Å². The van der Waals surface area contributed by atoms with Crippen molar-refractivity contribution in [1.29, 1.82) is 0 Å². The maximum absolute atomic E-state index is 12.7. The molecule has 2 amide bonds. The van der Waals surface area contributed by atoms with Gasteiger partial charge >= 0.3 is 7.12 Å². The van der Waals surface area contributed by atoms with Gasteiger partial charge in [0.25, 0.3) is 0 Å².